The summed E-state index contributed by atoms with van der Waals surface area (Å²) in [5.74, 6) is 1.42. The lowest BCUT2D eigenvalue weighted by atomic mass is 10.1. The minimum atomic E-state index is 0.200. The van der Waals surface area contributed by atoms with Gasteiger partial charge in [-0.2, -0.15) is 5.10 Å². The fraction of sp³-hybridized carbons (Fsp3) is 0.286. The van der Waals surface area contributed by atoms with E-state index in [2.05, 4.69) is 5.10 Å². The maximum absolute atomic E-state index is 6.45. The summed E-state index contributed by atoms with van der Waals surface area (Å²) in [5.41, 5.74) is 2.32. The first-order valence-corrected chi connectivity index (χ1v) is 10.1. The molecule has 0 aliphatic carbocycles. The van der Waals surface area contributed by atoms with Crippen molar-refractivity contribution < 1.29 is 18.9 Å². The molecular weight excluding hydrogens is 415 g/mol. The summed E-state index contributed by atoms with van der Waals surface area (Å²) in [6, 6.07) is 13.0. The summed E-state index contributed by atoms with van der Waals surface area (Å²) >= 11 is 12.9. The Morgan fingerprint density at radius 3 is 2.10 bits per heavy atom. The second-order valence-electron chi connectivity index (χ2n) is 6.93. The van der Waals surface area contributed by atoms with Crippen LogP contribution in [0.5, 0.6) is 11.5 Å². The standard InChI is InChI=1S/C21H18Cl2N2O4/c22-18-7-13(26-9-15-11-28-15)1-3-17(18)20-5-6-25(24-20)21-4-2-14(8-19(21)23)27-10-16-12-29-16/h1-8,15-16H,9-12H2. The van der Waals surface area contributed by atoms with Crippen molar-refractivity contribution in [3.05, 3.63) is 58.7 Å². The van der Waals surface area contributed by atoms with Crippen molar-refractivity contribution >= 4 is 23.2 Å². The van der Waals surface area contributed by atoms with E-state index >= 15 is 0 Å². The third-order valence-corrected chi connectivity index (χ3v) is 5.26. The Morgan fingerprint density at radius 2 is 1.52 bits per heavy atom. The average Bonchev–Trinajstić information content (AvgIpc) is 3.64. The molecule has 3 aromatic rings. The fourth-order valence-corrected chi connectivity index (χ4v) is 3.39. The molecule has 29 heavy (non-hydrogen) atoms. The number of hydrogen-bond acceptors (Lipinski definition) is 5. The van der Waals surface area contributed by atoms with Crippen molar-refractivity contribution in [2.75, 3.05) is 26.4 Å². The molecule has 5 rings (SSSR count). The number of ether oxygens (including phenoxy) is 4. The SMILES string of the molecule is Clc1cc(OCC2CO2)ccc1-c1ccn(-c2ccc(OCC3CO3)cc2Cl)n1. The molecule has 3 heterocycles. The predicted octanol–water partition coefficient (Wildman–Crippen LogP) is 4.40. The summed E-state index contributed by atoms with van der Waals surface area (Å²) in [7, 11) is 0. The Bertz CT molecular complexity index is 951. The molecule has 0 N–H and O–H groups in total. The second-order valence-corrected chi connectivity index (χ2v) is 7.75. The molecule has 2 unspecified atom stereocenters. The molecule has 6 nitrogen and oxygen atoms in total. The normalized spacial score (nSPS) is 19.8. The van der Waals surface area contributed by atoms with Crippen LogP contribution in [-0.2, 0) is 9.47 Å². The van der Waals surface area contributed by atoms with Crippen molar-refractivity contribution in [1.82, 2.24) is 9.78 Å². The van der Waals surface area contributed by atoms with Gasteiger partial charge in [-0.25, -0.2) is 4.68 Å². The fourth-order valence-electron chi connectivity index (χ4n) is 2.87. The Balaban J connectivity index is 1.32. The monoisotopic (exact) mass is 432 g/mol. The van der Waals surface area contributed by atoms with Gasteiger partial charge in [0.05, 0.1) is 34.6 Å². The van der Waals surface area contributed by atoms with E-state index in [4.69, 9.17) is 42.1 Å². The number of epoxide rings is 2. The van der Waals surface area contributed by atoms with Crippen LogP contribution in [0.3, 0.4) is 0 Å². The van der Waals surface area contributed by atoms with Gasteiger partial charge in [-0.05, 0) is 36.4 Å². The summed E-state index contributed by atoms with van der Waals surface area (Å²) in [4.78, 5) is 0. The molecule has 0 amide bonds. The third kappa shape index (κ3) is 4.51. The minimum Gasteiger partial charge on any atom is -0.491 e. The number of hydrogen-bond donors (Lipinski definition) is 0. The van der Waals surface area contributed by atoms with Crippen LogP contribution in [0, 0.1) is 0 Å². The van der Waals surface area contributed by atoms with Crippen LogP contribution in [0.25, 0.3) is 16.9 Å². The molecule has 150 valence electrons. The van der Waals surface area contributed by atoms with E-state index in [9.17, 15) is 0 Å². The Kier molecular flexibility index (Phi) is 5.09. The van der Waals surface area contributed by atoms with Gasteiger partial charge in [0.25, 0.3) is 0 Å². The van der Waals surface area contributed by atoms with Gasteiger partial charge >= 0.3 is 0 Å². The maximum atomic E-state index is 6.45. The molecule has 0 saturated carbocycles. The minimum absolute atomic E-state index is 0.200. The lowest BCUT2D eigenvalue weighted by Crippen LogP contribution is -2.04. The lowest BCUT2D eigenvalue weighted by molar-refractivity contribution is 0.263. The first-order valence-electron chi connectivity index (χ1n) is 9.30. The summed E-state index contributed by atoms with van der Waals surface area (Å²) in [6.07, 6.45) is 2.25. The van der Waals surface area contributed by atoms with Crippen LogP contribution in [0.15, 0.2) is 48.7 Å². The molecule has 2 aliphatic rings. The van der Waals surface area contributed by atoms with Crippen molar-refractivity contribution in [3.63, 3.8) is 0 Å². The van der Waals surface area contributed by atoms with Crippen LogP contribution in [-0.4, -0.2) is 48.4 Å². The molecule has 2 atom stereocenters. The molecular formula is C21H18Cl2N2O4. The Morgan fingerprint density at radius 1 is 0.897 bits per heavy atom. The topological polar surface area (TPSA) is 61.3 Å². The Labute approximate surface area is 177 Å². The van der Waals surface area contributed by atoms with Gasteiger partial charge in [-0.1, -0.05) is 23.2 Å². The second kappa shape index (κ2) is 7.88. The average molecular weight is 433 g/mol. The van der Waals surface area contributed by atoms with E-state index in [1.165, 1.54) is 0 Å². The van der Waals surface area contributed by atoms with E-state index in [-0.39, 0.29) is 12.2 Å². The zero-order valence-corrected chi connectivity index (χ0v) is 16.9. The van der Waals surface area contributed by atoms with E-state index in [0.717, 1.165) is 30.2 Å². The highest BCUT2D eigenvalue weighted by molar-refractivity contribution is 6.33. The third-order valence-electron chi connectivity index (χ3n) is 4.65. The van der Waals surface area contributed by atoms with Crippen molar-refractivity contribution in [2.45, 2.75) is 12.2 Å². The number of benzene rings is 2. The van der Waals surface area contributed by atoms with E-state index < -0.39 is 0 Å². The van der Waals surface area contributed by atoms with Crippen molar-refractivity contribution in [3.8, 4) is 28.4 Å². The summed E-state index contributed by atoms with van der Waals surface area (Å²) < 4.78 is 23.3. The highest BCUT2D eigenvalue weighted by Crippen LogP contribution is 2.32. The van der Waals surface area contributed by atoms with Gasteiger partial charge in [0, 0.05) is 17.8 Å². The summed E-state index contributed by atoms with van der Waals surface area (Å²) in [6.45, 7) is 2.59. The Hall–Kier alpha value is -2.25. The molecule has 0 spiro atoms. The lowest BCUT2D eigenvalue weighted by Gasteiger charge is -2.09. The van der Waals surface area contributed by atoms with Gasteiger partial charge < -0.3 is 18.9 Å². The molecule has 8 heteroatoms. The van der Waals surface area contributed by atoms with Gasteiger partial charge in [0.15, 0.2) is 0 Å². The van der Waals surface area contributed by atoms with Gasteiger partial charge in [0.2, 0.25) is 0 Å². The quantitative estimate of drug-likeness (QED) is 0.493. The largest absolute Gasteiger partial charge is 0.491 e. The van der Waals surface area contributed by atoms with E-state index in [1.54, 1.807) is 16.8 Å². The molecule has 1 aromatic heterocycles. The van der Waals surface area contributed by atoms with Gasteiger partial charge in [-0.15, -0.1) is 0 Å². The smallest absolute Gasteiger partial charge is 0.121 e. The highest BCUT2D eigenvalue weighted by Gasteiger charge is 2.24. The van der Waals surface area contributed by atoms with E-state index in [1.807, 2.05) is 36.5 Å². The molecule has 2 fully saturated rings. The van der Waals surface area contributed by atoms with Gasteiger partial charge in [-0.3, -0.25) is 0 Å². The number of rotatable bonds is 8. The van der Waals surface area contributed by atoms with Crippen molar-refractivity contribution in [2.24, 2.45) is 0 Å². The summed E-state index contributed by atoms with van der Waals surface area (Å²) in [5, 5.41) is 5.74. The molecule has 2 aromatic carbocycles. The maximum Gasteiger partial charge on any atom is 0.121 e. The van der Waals surface area contributed by atoms with Crippen molar-refractivity contribution in [1.29, 1.82) is 0 Å². The molecule has 0 bridgehead atoms. The predicted molar refractivity (Wildman–Crippen MR) is 109 cm³/mol. The van der Waals surface area contributed by atoms with Crippen LogP contribution in [0.4, 0.5) is 0 Å². The van der Waals surface area contributed by atoms with Crippen LogP contribution < -0.4 is 9.47 Å². The molecule has 2 saturated heterocycles. The highest BCUT2D eigenvalue weighted by atomic mass is 35.5. The zero-order valence-electron chi connectivity index (χ0n) is 15.4. The molecule has 2 aliphatic heterocycles. The number of aromatic nitrogens is 2. The number of nitrogens with zero attached hydrogens (tertiary/aromatic N) is 2. The first kappa shape index (κ1) is 18.8. The first-order chi connectivity index (χ1) is 14.2. The van der Waals surface area contributed by atoms with Crippen LogP contribution in [0.1, 0.15) is 0 Å². The zero-order chi connectivity index (χ0) is 19.8. The van der Waals surface area contributed by atoms with Gasteiger partial charge in [0.1, 0.15) is 36.9 Å². The van der Waals surface area contributed by atoms with Crippen LogP contribution in [0.2, 0.25) is 10.0 Å². The van der Waals surface area contributed by atoms with E-state index in [0.29, 0.717) is 34.8 Å². The van der Waals surface area contributed by atoms with Crippen LogP contribution >= 0.6 is 23.2 Å². The molecule has 0 radical (unpaired) electrons. The number of halogens is 2.